The highest BCUT2D eigenvalue weighted by molar-refractivity contribution is 5.80. The molecule has 0 radical (unpaired) electrons. The predicted molar refractivity (Wildman–Crippen MR) is 68.1 cm³/mol. The summed E-state index contributed by atoms with van der Waals surface area (Å²) in [5.74, 6) is 0.274. The average molecular weight is 233 g/mol. The molecular formula is C14H19NO2. The fourth-order valence-corrected chi connectivity index (χ4v) is 2.00. The minimum absolute atomic E-state index is 0.159. The Labute approximate surface area is 102 Å². The van der Waals surface area contributed by atoms with Crippen LogP contribution in [0.2, 0.25) is 0 Å². The van der Waals surface area contributed by atoms with E-state index in [1.807, 2.05) is 12.1 Å². The largest absolute Gasteiger partial charge is 0.467 e. The van der Waals surface area contributed by atoms with E-state index >= 15 is 0 Å². The molecule has 1 unspecified atom stereocenters. The van der Waals surface area contributed by atoms with Crippen LogP contribution in [0.4, 0.5) is 5.69 Å². The molecule has 1 aliphatic carbocycles. The molecule has 3 heteroatoms. The van der Waals surface area contributed by atoms with E-state index in [2.05, 4.69) is 25.2 Å². The van der Waals surface area contributed by atoms with E-state index < -0.39 is 0 Å². The van der Waals surface area contributed by atoms with E-state index in [1.54, 1.807) is 0 Å². The number of nitrogens with one attached hydrogen (secondary N) is 1. The minimum atomic E-state index is -0.194. The van der Waals surface area contributed by atoms with Crippen molar-refractivity contribution in [2.24, 2.45) is 5.92 Å². The van der Waals surface area contributed by atoms with E-state index in [1.165, 1.54) is 18.2 Å². The highest BCUT2D eigenvalue weighted by Crippen LogP contribution is 2.35. The standard InChI is InChI=1S/C14H19NO2/c1-9-5-4-6-12(10(9)2)15-13(11-7-8-11)14(16)17-3/h4-6,11,13,15H,7-8H2,1-3H3. The smallest absolute Gasteiger partial charge is 0.328 e. The summed E-state index contributed by atoms with van der Waals surface area (Å²) in [7, 11) is 1.45. The van der Waals surface area contributed by atoms with Crippen LogP contribution in [0.25, 0.3) is 0 Å². The molecule has 0 aliphatic heterocycles. The third-order valence-electron chi connectivity index (χ3n) is 3.46. The lowest BCUT2D eigenvalue weighted by molar-refractivity contribution is -0.142. The average Bonchev–Trinajstić information content (AvgIpc) is 3.14. The molecule has 2 rings (SSSR count). The molecule has 0 aromatic heterocycles. The van der Waals surface area contributed by atoms with Crippen molar-refractivity contribution in [2.45, 2.75) is 32.7 Å². The zero-order valence-corrected chi connectivity index (χ0v) is 10.6. The van der Waals surface area contributed by atoms with Gasteiger partial charge in [0.25, 0.3) is 0 Å². The van der Waals surface area contributed by atoms with Crippen LogP contribution in [0.3, 0.4) is 0 Å². The first-order chi connectivity index (χ1) is 8.13. The van der Waals surface area contributed by atoms with E-state index in [4.69, 9.17) is 4.74 Å². The maximum Gasteiger partial charge on any atom is 0.328 e. The molecule has 1 atom stereocenters. The quantitative estimate of drug-likeness (QED) is 0.812. The number of esters is 1. The Morgan fingerprint density at radius 2 is 2.12 bits per heavy atom. The van der Waals surface area contributed by atoms with Crippen LogP contribution in [-0.2, 0) is 9.53 Å². The molecule has 1 saturated carbocycles. The number of carbonyl (C=O) groups is 1. The van der Waals surface area contributed by atoms with Gasteiger partial charge in [-0.2, -0.15) is 0 Å². The van der Waals surface area contributed by atoms with E-state index in [-0.39, 0.29) is 12.0 Å². The summed E-state index contributed by atoms with van der Waals surface area (Å²) in [6.07, 6.45) is 2.22. The molecule has 0 amide bonds. The highest BCUT2D eigenvalue weighted by Gasteiger charge is 2.37. The SMILES string of the molecule is COC(=O)C(Nc1cccc(C)c1C)C1CC1. The van der Waals surface area contributed by atoms with Gasteiger partial charge in [-0.3, -0.25) is 0 Å². The summed E-state index contributed by atoms with van der Waals surface area (Å²) >= 11 is 0. The van der Waals surface area contributed by atoms with Gasteiger partial charge in [-0.1, -0.05) is 12.1 Å². The van der Waals surface area contributed by atoms with Gasteiger partial charge in [-0.05, 0) is 49.8 Å². The molecule has 1 fully saturated rings. The van der Waals surface area contributed by atoms with Gasteiger partial charge < -0.3 is 10.1 Å². The van der Waals surface area contributed by atoms with Crippen LogP contribution in [0.5, 0.6) is 0 Å². The monoisotopic (exact) mass is 233 g/mol. The molecule has 3 nitrogen and oxygen atoms in total. The molecule has 92 valence electrons. The van der Waals surface area contributed by atoms with Crippen LogP contribution >= 0.6 is 0 Å². The molecule has 1 N–H and O–H groups in total. The van der Waals surface area contributed by atoms with Gasteiger partial charge in [0.2, 0.25) is 0 Å². The van der Waals surface area contributed by atoms with Crippen molar-refractivity contribution < 1.29 is 9.53 Å². The molecule has 17 heavy (non-hydrogen) atoms. The van der Waals surface area contributed by atoms with Crippen molar-refractivity contribution in [1.29, 1.82) is 0 Å². The van der Waals surface area contributed by atoms with Gasteiger partial charge in [0.05, 0.1) is 7.11 Å². The number of rotatable bonds is 4. The van der Waals surface area contributed by atoms with Crippen LogP contribution in [0.1, 0.15) is 24.0 Å². The lowest BCUT2D eigenvalue weighted by atomic mass is 10.1. The fraction of sp³-hybridized carbons (Fsp3) is 0.500. The molecule has 0 saturated heterocycles. The zero-order valence-electron chi connectivity index (χ0n) is 10.6. The third kappa shape index (κ3) is 2.60. The number of anilines is 1. The summed E-state index contributed by atoms with van der Waals surface area (Å²) in [6, 6.07) is 5.90. The molecule has 0 spiro atoms. The van der Waals surface area contributed by atoms with Crippen LogP contribution < -0.4 is 5.32 Å². The normalized spacial score (nSPS) is 16.4. The van der Waals surface area contributed by atoms with Gasteiger partial charge >= 0.3 is 5.97 Å². The number of benzene rings is 1. The second-order valence-corrected chi connectivity index (χ2v) is 4.73. The topological polar surface area (TPSA) is 38.3 Å². The molecule has 1 aromatic rings. The van der Waals surface area contributed by atoms with Gasteiger partial charge in [0.1, 0.15) is 6.04 Å². The Kier molecular flexibility index (Phi) is 3.36. The Bertz CT molecular complexity index is 424. The van der Waals surface area contributed by atoms with Crippen LogP contribution in [0.15, 0.2) is 18.2 Å². The van der Waals surface area contributed by atoms with E-state index in [9.17, 15) is 4.79 Å². The maximum atomic E-state index is 11.7. The number of carbonyl (C=O) groups excluding carboxylic acids is 1. The summed E-state index contributed by atoms with van der Waals surface area (Å²) in [6.45, 7) is 4.14. The number of hydrogen-bond acceptors (Lipinski definition) is 3. The maximum absolute atomic E-state index is 11.7. The number of hydrogen-bond donors (Lipinski definition) is 1. The number of methoxy groups -OCH3 is 1. The first-order valence-corrected chi connectivity index (χ1v) is 6.04. The second-order valence-electron chi connectivity index (χ2n) is 4.73. The molecular weight excluding hydrogens is 214 g/mol. The Morgan fingerprint density at radius 1 is 1.41 bits per heavy atom. The van der Waals surface area contributed by atoms with Crippen molar-refractivity contribution >= 4 is 11.7 Å². The lowest BCUT2D eigenvalue weighted by Crippen LogP contribution is -2.33. The summed E-state index contributed by atoms with van der Waals surface area (Å²) < 4.78 is 4.85. The first-order valence-electron chi connectivity index (χ1n) is 6.04. The first kappa shape index (κ1) is 12.0. The summed E-state index contributed by atoms with van der Waals surface area (Å²) in [4.78, 5) is 11.7. The van der Waals surface area contributed by atoms with Crippen molar-refractivity contribution in [1.82, 2.24) is 0 Å². The second kappa shape index (κ2) is 4.78. The number of aryl methyl sites for hydroxylation is 1. The third-order valence-corrected chi connectivity index (χ3v) is 3.46. The summed E-state index contributed by atoms with van der Waals surface area (Å²) in [5.41, 5.74) is 3.46. The van der Waals surface area contributed by atoms with Crippen molar-refractivity contribution in [3.8, 4) is 0 Å². The molecule has 0 bridgehead atoms. The molecule has 1 aromatic carbocycles. The zero-order chi connectivity index (χ0) is 12.4. The Hall–Kier alpha value is -1.51. The van der Waals surface area contributed by atoms with Crippen LogP contribution in [0, 0.1) is 19.8 Å². The van der Waals surface area contributed by atoms with Gasteiger partial charge in [0.15, 0.2) is 0 Å². The van der Waals surface area contributed by atoms with E-state index in [0.29, 0.717) is 5.92 Å². The highest BCUT2D eigenvalue weighted by atomic mass is 16.5. The lowest BCUT2D eigenvalue weighted by Gasteiger charge is -2.19. The summed E-state index contributed by atoms with van der Waals surface area (Å²) in [5, 5.41) is 3.33. The van der Waals surface area contributed by atoms with Gasteiger partial charge in [-0.25, -0.2) is 4.79 Å². The number of ether oxygens (including phenoxy) is 1. The van der Waals surface area contributed by atoms with Gasteiger partial charge in [0, 0.05) is 5.69 Å². The van der Waals surface area contributed by atoms with Gasteiger partial charge in [-0.15, -0.1) is 0 Å². The van der Waals surface area contributed by atoms with Crippen molar-refractivity contribution in [3.05, 3.63) is 29.3 Å². The molecule has 0 heterocycles. The minimum Gasteiger partial charge on any atom is -0.467 e. The van der Waals surface area contributed by atoms with Crippen molar-refractivity contribution in [2.75, 3.05) is 12.4 Å². The van der Waals surface area contributed by atoms with E-state index in [0.717, 1.165) is 18.5 Å². The van der Waals surface area contributed by atoms with Crippen LogP contribution in [-0.4, -0.2) is 19.1 Å². The Morgan fingerprint density at radius 3 is 2.71 bits per heavy atom. The Balaban J connectivity index is 2.17. The fourth-order valence-electron chi connectivity index (χ4n) is 2.00. The predicted octanol–water partition coefficient (Wildman–Crippen LogP) is 2.67. The molecule has 1 aliphatic rings. The van der Waals surface area contributed by atoms with Crippen molar-refractivity contribution in [3.63, 3.8) is 0 Å².